The average Bonchev–Trinajstić information content (AvgIpc) is 2.54. The Labute approximate surface area is 151 Å². The number of amides is 1. The number of rotatable bonds is 7. The molecule has 0 aromatic heterocycles. The van der Waals surface area contributed by atoms with Crippen LogP contribution < -0.4 is 10.1 Å². The molecule has 1 saturated heterocycles. The number of carbonyl (C=O) groups is 1. The number of benzene rings is 1. The SMILES string of the molecule is O=C(O)Nc1cc(OCCOC2CCCCO2)c(I)cc1[N+](=O)[O-]. The molecule has 1 unspecified atom stereocenters. The van der Waals surface area contributed by atoms with E-state index in [9.17, 15) is 14.9 Å². The molecule has 1 aliphatic heterocycles. The molecule has 10 heteroatoms. The number of nitrogens with zero attached hydrogens (tertiary/aromatic N) is 1. The molecule has 9 nitrogen and oxygen atoms in total. The van der Waals surface area contributed by atoms with Crippen molar-refractivity contribution in [2.45, 2.75) is 25.6 Å². The summed E-state index contributed by atoms with van der Waals surface area (Å²) in [6.07, 6.45) is 1.35. The molecular weight excluding hydrogens is 435 g/mol. The molecule has 0 bridgehead atoms. The summed E-state index contributed by atoms with van der Waals surface area (Å²) in [6, 6.07) is 2.55. The average molecular weight is 452 g/mol. The van der Waals surface area contributed by atoms with E-state index in [4.69, 9.17) is 19.3 Å². The molecule has 0 aliphatic carbocycles. The Hall–Kier alpha value is -1.66. The van der Waals surface area contributed by atoms with E-state index in [0.717, 1.165) is 19.3 Å². The molecule has 1 heterocycles. The molecule has 1 aliphatic rings. The lowest BCUT2D eigenvalue weighted by Crippen LogP contribution is -2.24. The first-order chi connectivity index (χ1) is 11.5. The number of anilines is 1. The van der Waals surface area contributed by atoms with E-state index in [1.807, 2.05) is 27.9 Å². The summed E-state index contributed by atoms with van der Waals surface area (Å²) in [7, 11) is 0. The maximum absolute atomic E-state index is 11.0. The Morgan fingerprint density at radius 2 is 2.25 bits per heavy atom. The van der Waals surface area contributed by atoms with Crippen LogP contribution in [0.15, 0.2) is 12.1 Å². The van der Waals surface area contributed by atoms with Crippen LogP contribution in [0.25, 0.3) is 0 Å². The fourth-order valence-electron chi connectivity index (χ4n) is 2.19. The van der Waals surface area contributed by atoms with Gasteiger partial charge in [0.2, 0.25) is 0 Å². The predicted octanol–water partition coefficient (Wildman–Crippen LogP) is 3.21. The summed E-state index contributed by atoms with van der Waals surface area (Å²) in [4.78, 5) is 21.1. The molecule has 2 N–H and O–H groups in total. The molecule has 0 spiro atoms. The first-order valence-corrected chi connectivity index (χ1v) is 8.39. The Morgan fingerprint density at radius 1 is 1.46 bits per heavy atom. The second-order valence-corrected chi connectivity index (χ2v) is 6.16. The van der Waals surface area contributed by atoms with Crippen molar-refractivity contribution in [3.8, 4) is 5.75 Å². The van der Waals surface area contributed by atoms with Gasteiger partial charge in [0.05, 0.1) is 15.1 Å². The number of hydrogen-bond donors (Lipinski definition) is 2. The van der Waals surface area contributed by atoms with Crippen molar-refractivity contribution in [1.82, 2.24) is 0 Å². The van der Waals surface area contributed by atoms with E-state index < -0.39 is 11.0 Å². The number of nitrogens with one attached hydrogen (secondary N) is 1. The number of nitro groups is 1. The van der Waals surface area contributed by atoms with E-state index in [1.54, 1.807) is 0 Å². The zero-order valence-corrected chi connectivity index (χ0v) is 14.9. The van der Waals surface area contributed by atoms with Gasteiger partial charge in [-0.25, -0.2) is 4.79 Å². The van der Waals surface area contributed by atoms with Gasteiger partial charge in [0.1, 0.15) is 18.0 Å². The van der Waals surface area contributed by atoms with E-state index in [0.29, 0.717) is 22.5 Å². The van der Waals surface area contributed by atoms with Gasteiger partial charge in [-0.15, -0.1) is 0 Å². The topological polar surface area (TPSA) is 120 Å². The molecule has 132 valence electrons. The molecule has 0 saturated carbocycles. The third-order valence-electron chi connectivity index (χ3n) is 3.27. The van der Waals surface area contributed by atoms with Crippen LogP contribution in [0.3, 0.4) is 0 Å². The van der Waals surface area contributed by atoms with Crippen LogP contribution in [0.4, 0.5) is 16.2 Å². The molecule has 2 rings (SSSR count). The quantitative estimate of drug-likeness (QED) is 0.282. The van der Waals surface area contributed by atoms with Crippen LogP contribution in [-0.2, 0) is 9.47 Å². The largest absolute Gasteiger partial charge is 0.490 e. The van der Waals surface area contributed by atoms with Gasteiger partial charge in [-0.3, -0.25) is 15.4 Å². The van der Waals surface area contributed by atoms with Crippen LogP contribution in [0, 0.1) is 13.7 Å². The summed E-state index contributed by atoms with van der Waals surface area (Å²) in [5.41, 5.74) is -0.472. The summed E-state index contributed by atoms with van der Waals surface area (Å²) < 4.78 is 17.0. The highest BCUT2D eigenvalue weighted by atomic mass is 127. The number of hydrogen-bond acceptors (Lipinski definition) is 6. The molecule has 1 aromatic carbocycles. The lowest BCUT2D eigenvalue weighted by Gasteiger charge is -2.22. The van der Waals surface area contributed by atoms with E-state index in [-0.39, 0.29) is 24.3 Å². The molecule has 1 amide bonds. The highest BCUT2D eigenvalue weighted by Gasteiger charge is 2.20. The van der Waals surface area contributed by atoms with Crippen molar-refractivity contribution in [2.24, 2.45) is 0 Å². The van der Waals surface area contributed by atoms with Gasteiger partial charge in [-0.2, -0.15) is 0 Å². The van der Waals surface area contributed by atoms with Crippen LogP contribution >= 0.6 is 22.6 Å². The van der Waals surface area contributed by atoms with Crippen molar-refractivity contribution in [1.29, 1.82) is 0 Å². The number of halogens is 1. The second-order valence-electron chi connectivity index (χ2n) is 5.00. The van der Waals surface area contributed by atoms with Crippen molar-refractivity contribution in [3.63, 3.8) is 0 Å². The highest BCUT2D eigenvalue weighted by molar-refractivity contribution is 14.1. The zero-order chi connectivity index (χ0) is 17.5. The van der Waals surface area contributed by atoms with Crippen molar-refractivity contribution in [3.05, 3.63) is 25.8 Å². The minimum absolute atomic E-state index is 0.139. The molecule has 0 radical (unpaired) electrons. The minimum Gasteiger partial charge on any atom is -0.490 e. The van der Waals surface area contributed by atoms with Gasteiger partial charge in [0.15, 0.2) is 6.29 Å². The Morgan fingerprint density at radius 3 is 2.88 bits per heavy atom. The number of carboxylic acid groups (broad SMARTS) is 1. The molecule has 1 atom stereocenters. The summed E-state index contributed by atoms with van der Waals surface area (Å²) in [5, 5.41) is 21.8. The Kier molecular flexibility index (Phi) is 6.99. The van der Waals surface area contributed by atoms with Crippen molar-refractivity contribution >= 4 is 40.1 Å². The van der Waals surface area contributed by atoms with Crippen LogP contribution in [-0.4, -0.2) is 42.2 Å². The zero-order valence-electron chi connectivity index (χ0n) is 12.7. The Balaban J connectivity index is 1.95. The van der Waals surface area contributed by atoms with E-state index in [1.165, 1.54) is 12.1 Å². The van der Waals surface area contributed by atoms with E-state index in [2.05, 4.69) is 0 Å². The second kappa shape index (κ2) is 8.99. The summed E-state index contributed by atoms with van der Waals surface area (Å²) in [6.45, 7) is 1.22. The van der Waals surface area contributed by atoms with Gasteiger partial charge in [-0.05, 0) is 41.9 Å². The summed E-state index contributed by atoms with van der Waals surface area (Å²) in [5.74, 6) is 0.345. The van der Waals surface area contributed by atoms with Gasteiger partial charge in [0.25, 0.3) is 5.69 Å². The lowest BCUT2D eigenvalue weighted by atomic mass is 10.2. The monoisotopic (exact) mass is 452 g/mol. The molecule has 1 fully saturated rings. The fourth-order valence-corrected chi connectivity index (χ4v) is 2.80. The maximum Gasteiger partial charge on any atom is 0.409 e. The molecule has 1 aromatic rings. The predicted molar refractivity (Wildman–Crippen MR) is 92.5 cm³/mol. The van der Waals surface area contributed by atoms with Crippen molar-refractivity contribution in [2.75, 3.05) is 25.1 Å². The standard InChI is InChI=1S/C14H17IN2O7/c15-9-7-11(17(20)21)10(16-14(18)19)8-12(9)22-5-6-24-13-3-1-2-4-23-13/h7-8,13,16H,1-6H2,(H,18,19). The maximum atomic E-state index is 11.0. The van der Waals surface area contributed by atoms with Crippen LogP contribution in [0.1, 0.15) is 19.3 Å². The minimum atomic E-state index is -1.39. The molecular formula is C14H17IN2O7. The number of nitro benzene ring substituents is 1. The van der Waals surface area contributed by atoms with Crippen LogP contribution in [0.2, 0.25) is 0 Å². The third-order valence-corrected chi connectivity index (χ3v) is 4.11. The first kappa shape index (κ1) is 18.7. The van der Waals surface area contributed by atoms with Crippen molar-refractivity contribution < 1.29 is 29.0 Å². The van der Waals surface area contributed by atoms with E-state index >= 15 is 0 Å². The Bertz CT molecular complexity index is 605. The van der Waals surface area contributed by atoms with Gasteiger partial charge in [0, 0.05) is 18.7 Å². The molecule has 24 heavy (non-hydrogen) atoms. The summed E-state index contributed by atoms with van der Waals surface area (Å²) >= 11 is 1.89. The van der Waals surface area contributed by atoms with Gasteiger partial charge >= 0.3 is 6.09 Å². The first-order valence-electron chi connectivity index (χ1n) is 7.31. The van der Waals surface area contributed by atoms with Crippen LogP contribution in [0.5, 0.6) is 5.75 Å². The van der Waals surface area contributed by atoms with Gasteiger partial charge < -0.3 is 19.3 Å². The third kappa shape index (κ3) is 5.46. The smallest absolute Gasteiger partial charge is 0.409 e. The normalized spacial score (nSPS) is 17.3. The fraction of sp³-hybridized carbons (Fsp3) is 0.500. The van der Waals surface area contributed by atoms with Gasteiger partial charge in [-0.1, -0.05) is 0 Å². The highest BCUT2D eigenvalue weighted by Crippen LogP contribution is 2.33. The number of ether oxygens (including phenoxy) is 3. The lowest BCUT2D eigenvalue weighted by molar-refractivity contribution is -0.384.